The Bertz CT molecular complexity index is 509. The number of nitrogens with zero attached hydrogens (tertiary/aromatic N) is 1. The molecule has 0 saturated carbocycles. The molecule has 1 aliphatic rings. The first-order valence-electron chi connectivity index (χ1n) is 8.68. The first kappa shape index (κ1) is 17.6. The van der Waals surface area contributed by atoms with Crippen molar-refractivity contribution in [3.05, 3.63) is 24.3 Å². The van der Waals surface area contributed by atoms with Gasteiger partial charge in [-0.05, 0) is 50.3 Å². The average Bonchev–Trinajstić information content (AvgIpc) is 2.61. The van der Waals surface area contributed by atoms with Crippen molar-refractivity contribution in [3.8, 4) is 0 Å². The number of nitrogens with one attached hydrogen (secondary N) is 2. The molecule has 5 nitrogen and oxygen atoms in total. The molecule has 0 spiro atoms. The Balaban J connectivity index is 1.90. The summed E-state index contributed by atoms with van der Waals surface area (Å²) >= 11 is 0. The molecule has 0 aromatic heterocycles. The van der Waals surface area contributed by atoms with Gasteiger partial charge in [0, 0.05) is 31.0 Å². The molecule has 2 rings (SSSR count). The van der Waals surface area contributed by atoms with E-state index < -0.39 is 5.60 Å². The molecule has 1 fully saturated rings. The zero-order valence-electron chi connectivity index (χ0n) is 14.3. The molecule has 0 atom stereocenters. The topological polar surface area (TPSA) is 64.6 Å². The van der Waals surface area contributed by atoms with E-state index in [1.54, 1.807) is 0 Å². The predicted molar refractivity (Wildman–Crippen MR) is 95.1 cm³/mol. The highest BCUT2D eigenvalue weighted by Gasteiger charge is 2.22. The summed E-state index contributed by atoms with van der Waals surface area (Å²) in [4.78, 5) is 14.4. The number of rotatable bonds is 6. The second kappa shape index (κ2) is 8.20. The van der Waals surface area contributed by atoms with E-state index in [1.165, 1.54) is 19.3 Å². The Labute approximate surface area is 139 Å². The predicted octanol–water partition coefficient (Wildman–Crippen LogP) is 3.35. The number of urea groups is 1. The van der Waals surface area contributed by atoms with E-state index in [-0.39, 0.29) is 12.6 Å². The highest BCUT2D eigenvalue weighted by molar-refractivity contribution is 5.89. The van der Waals surface area contributed by atoms with Gasteiger partial charge in [-0.15, -0.1) is 0 Å². The van der Waals surface area contributed by atoms with Crippen molar-refractivity contribution in [2.45, 2.75) is 51.6 Å². The first-order valence-corrected chi connectivity index (χ1v) is 8.68. The van der Waals surface area contributed by atoms with Gasteiger partial charge < -0.3 is 20.6 Å². The number of carbonyl (C=O) groups excluding carboxylic acids is 1. The number of piperidine rings is 1. The third-order valence-electron chi connectivity index (χ3n) is 4.72. The van der Waals surface area contributed by atoms with E-state index in [4.69, 9.17) is 0 Å². The fourth-order valence-electron chi connectivity index (χ4n) is 2.85. The lowest BCUT2D eigenvalue weighted by Gasteiger charge is -2.29. The van der Waals surface area contributed by atoms with Crippen LogP contribution in [0.15, 0.2) is 24.3 Å². The van der Waals surface area contributed by atoms with Crippen LogP contribution in [-0.2, 0) is 0 Å². The Morgan fingerprint density at radius 1 is 1.22 bits per heavy atom. The third kappa shape index (κ3) is 5.13. The van der Waals surface area contributed by atoms with Gasteiger partial charge in [0.15, 0.2) is 0 Å². The minimum Gasteiger partial charge on any atom is -0.388 e. The molecule has 128 valence electrons. The minimum atomic E-state index is -0.826. The zero-order valence-corrected chi connectivity index (χ0v) is 14.3. The van der Waals surface area contributed by atoms with Crippen molar-refractivity contribution in [1.29, 1.82) is 0 Å². The summed E-state index contributed by atoms with van der Waals surface area (Å²) in [5, 5.41) is 15.8. The molecule has 1 saturated heterocycles. The molecule has 0 unspecified atom stereocenters. The molecule has 0 aliphatic carbocycles. The van der Waals surface area contributed by atoms with Gasteiger partial charge >= 0.3 is 6.03 Å². The molecule has 1 aliphatic heterocycles. The molecule has 5 heteroatoms. The van der Waals surface area contributed by atoms with Crippen molar-refractivity contribution >= 4 is 17.4 Å². The van der Waals surface area contributed by atoms with Crippen molar-refractivity contribution in [1.82, 2.24) is 5.32 Å². The van der Waals surface area contributed by atoms with Crippen LogP contribution in [0.2, 0.25) is 0 Å². The van der Waals surface area contributed by atoms with Crippen LogP contribution in [-0.4, -0.2) is 36.4 Å². The Morgan fingerprint density at radius 2 is 1.91 bits per heavy atom. The summed E-state index contributed by atoms with van der Waals surface area (Å²) in [5.41, 5.74) is 1.11. The number of hydrogen-bond acceptors (Lipinski definition) is 3. The molecule has 23 heavy (non-hydrogen) atoms. The lowest BCUT2D eigenvalue weighted by Crippen LogP contribution is -2.43. The molecule has 1 heterocycles. The average molecular weight is 319 g/mol. The van der Waals surface area contributed by atoms with Gasteiger partial charge in [0.05, 0.1) is 5.60 Å². The molecular weight excluding hydrogens is 290 g/mol. The smallest absolute Gasteiger partial charge is 0.319 e. The van der Waals surface area contributed by atoms with Gasteiger partial charge in [0.1, 0.15) is 0 Å². The van der Waals surface area contributed by atoms with Gasteiger partial charge in [-0.3, -0.25) is 0 Å². The lowest BCUT2D eigenvalue weighted by molar-refractivity contribution is 0.0354. The molecule has 2 amide bonds. The lowest BCUT2D eigenvalue weighted by atomic mass is 9.98. The standard InChI is InChI=1S/C18H29N3O2/c1-3-18(23,4-2)14-19-17(22)20-15-9-8-10-16(13-15)21-11-6-5-7-12-21/h8-10,13,23H,3-7,11-12,14H2,1-2H3,(H2,19,20,22). The minimum absolute atomic E-state index is 0.262. The van der Waals surface area contributed by atoms with Crippen molar-refractivity contribution in [2.24, 2.45) is 0 Å². The van der Waals surface area contributed by atoms with Gasteiger partial charge in [-0.25, -0.2) is 4.79 Å². The van der Waals surface area contributed by atoms with Gasteiger partial charge in [-0.2, -0.15) is 0 Å². The highest BCUT2D eigenvalue weighted by Crippen LogP contribution is 2.23. The van der Waals surface area contributed by atoms with E-state index in [0.717, 1.165) is 24.5 Å². The summed E-state index contributed by atoms with van der Waals surface area (Å²) in [6, 6.07) is 7.67. The molecule has 1 aromatic rings. The van der Waals surface area contributed by atoms with E-state index >= 15 is 0 Å². The van der Waals surface area contributed by atoms with Crippen molar-refractivity contribution < 1.29 is 9.90 Å². The second-order valence-corrected chi connectivity index (χ2v) is 6.34. The van der Waals surface area contributed by atoms with Crippen LogP contribution in [0.4, 0.5) is 16.2 Å². The van der Waals surface area contributed by atoms with Crippen LogP contribution >= 0.6 is 0 Å². The van der Waals surface area contributed by atoms with Crippen LogP contribution in [0, 0.1) is 0 Å². The fraction of sp³-hybridized carbons (Fsp3) is 0.611. The third-order valence-corrected chi connectivity index (χ3v) is 4.72. The number of aliphatic hydroxyl groups is 1. The van der Waals surface area contributed by atoms with Gasteiger partial charge in [-0.1, -0.05) is 19.9 Å². The Morgan fingerprint density at radius 3 is 2.57 bits per heavy atom. The Kier molecular flexibility index (Phi) is 6.28. The van der Waals surface area contributed by atoms with Crippen molar-refractivity contribution in [2.75, 3.05) is 29.9 Å². The maximum Gasteiger partial charge on any atom is 0.319 e. The number of carbonyl (C=O) groups is 1. The van der Waals surface area contributed by atoms with Crippen LogP contribution in [0.25, 0.3) is 0 Å². The Hall–Kier alpha value is -1.75. The molecular formula is C18H29N3O2. The fourth-order valence-corrected chi connectivity index (χ4v) is 2.85. The largest absolute Gasteiger partial charge is 0.388 e. The van der Waals surface area contributed by atoms with E-state index in [0.29, 0.717) is 12.8 Å². The number of amides is 2. The quantitative estimate of drug-likeness (QED) is 0.753. The monoisotopic (exact) mass is 319 g/mol. The summed E-state index contributed by atoms with van der Waals surface area (Å²) < 4.78 is 0. The van der Waals surface area contributed by atoms with Crippen LogP contribution < -0.4 is 15.5 Å². The van der Waals surface area contributed by atoms with Crippen LogP contribution in [0.3, 0.4) is 0 Å². The van der Waals surface area contributed by atoms with Gasteiger partial charge in [0.2, 0.25) is 0 Å². The van der Waals surface area contributed by atoms with Gasteiger partial charge in [0.25, 0.3) is 0 Å². The molecule has 1 aromatic carbocycles. The molecule has 0 bridgehead atoms. The SMILES string of the molecule is CCC(O)(CC)CNC(=O)Nc1cccc(N2CCCCC2)c1. The number of hydrogen-bond donors (Lipinski definition) is 3. The van der Waals surface area contributed by atoms with Crippen molar-refractivity contribution in [3.63, 3.8) is 0 Å². The van der Waals surface area contributed by atoms with Crippen LogP contribution in [0.1, 0.15) is 46.0 Å². The van der Waals surface area contributed by atoms with E-state index in [2.05, 4.69) is 21.6 Å². The second-order valence-electron chi connectivity index (χ2n) is 6.34. The summed E-state index contributed by atoms with van der Waals surface area (Å²) in [6.07, 6.45) is 4.99. The molecule has 0 radical (unpaired) electrons. The number of anilines is 2. The van der Waals surface area contributed by atoms with Crippen LogP contribution in [0.5, 0.6) is 0 Å². The first-order chi connectivity index (χ1) is 11.1. The summed E-state index contributed by atoms with van der Waals surface area (Å²) in [7, 11) is 0. The maximum atomic E-state index is 12.0. The summed E-state index contributed by atoms with van der Waals surface area (Å²) in [6.45, 7) is 6.26. The zero-order chi connectivity index (χ0) is 16.7. The highest BCUT2D eigenvalue weighted by atomic mass is 16.3. The molecule has 3 N–H and O–H groups in total. The van der Waals surface area contributed by atoms with E-state index in [1.807, 2.05) is 32.0 Å². The number of benzene rings is 1. The summed E-state index contributed by atoms with van der Waals surface area (Å²) in [5.74, 6) is 0. The van der Waals surface area contributed by atoms with E-state index in [9.17, 15) is 9.90 Å². The normalized spacial score (nSPS) is 15.3. The maximum absolute atomic E-state index is 12.0.